The molecule has 1 heterocycles. The number of benzene rings is 2. The maximum atomic E-state index is 12.8. The Morgan fingerprint density at radius 1 is 1.00 bits per heavy atom. The molecule has 3 rings (SSSR count). The van der Waals surface area contributed by atoms with Crippen LogP contribution in [0.2, 0.25) is 0 Å². The lowest BCUT2D eigenvalue weighted by molar-refractivity contribution is -0.115. The first-order chi connectivity index (χ1) is 13.0. The zero-order valence-electron chi connectivity index (χ0n) is 15.8. The van der Waals surface area contributed by atoms with Gasteiger partial charge in [0, 0.05) is 13.6 Å². The second-order valence-corrected chi connectivity index (χ2v) is 6.57. The van der Waals surface area contributed by atoms with E-state index in [-0.39, 0.29) is 18.0 Å². The molecule has 1 aromatic heterocycles. The number of anilines is 1. The third-order valence-corrected chi connectivity index (χ3v) is 4.55. The van der Waals surface area contributed by atoms with E-state index < -0.39 is 0 Å². The molecule has 0 atom stereocenters. The molecule has 2 N–H and O–H groups in total. The minimum Gasteiger partial charge on any atom is -0.319 e. The Balaban J connectivity index is 1.67. The van der Waals surface area contributed by atoms with Gasteiger partial charge in [-0.05, 0) is 31.5 Å². The van der Waals surface area contributed by atoms with E-state index in [9.17, 15) is 9.59 Å². The van der Waals surface area contributed by atoms with Gasteiger partial charge >= 0.3 is 0 Å². The van der Waals surface area contributed by atoms with Crippen LogP contribution in [-0.4, -0.2) is 21.8 Å². The van der Waals surface area contributed by atoms with Crippen LogP contribution in [-0.2, 0) is 18.4 Å². The van der Waals surface area contributed by atoms with Gasteiger partial charge in [0.25, 0.3) is 5.56 Å². The molecule has 0 saturated carbocycles. The molecule has 0 radical (unpaired) electrons. The summed E-state index contributed by atoms with van der Waals surface area (Å²) >= 11 is 0. The van der Waals surface area contributed by atoms with Crippen molar-refractivity contribution in [3.8, 4) is 5.69 Å². The number of amides is 1. The van der Waals surface area contributed by atoms with Crippen LogP contribution in [0, 0.1) is 13.8 Å². The molecule has 27 heavy (non-hydrogen) atoms. The number of carbonyl (C=O) groups excluding carboxylic acids is 1. The lowest BCUT2D eigenvalue weighted by Crippen LogP contribution is -2.30. The maximum absolute atomic E-state index is 12.8. The Hall–Kier alpha value is -3.12. The Morgan fingerprint density at radius 3 is 2.33 bits per heavy atom. The van der Waals surface area contributed by atoms with Crippen LogP contribution in [0.15, 0.2) is 59.4 Å². The molecule has 6 heteroatoms. The highest BCUT2D eigenvalue weighted by Crippen LogP contribution is 2.13. The van der Waals surface area contributed by atoms with Crippen molar-refractivity contribution in [1.29, 1.82) is 0 Å². The molecule has 2 aromatic carbocycles. The van der Waals surface area contributed by atoms with Crippen LogP contribution in [0.3, 0.4) is 0 Å². The fourth-order valence-electron chi connectivity index (χ4n) is 2.92. The molecule has 0 unspecified atom stereocenters. The zero-order chi connectivity index (χ0) is 19.4. The molecule has 0 fully saturated rings. The third kappa shape index (κ3) is 4.17. The predicted octanol–water partition coefficient (Wildman–Crippen LogP) is 2.52. The van der Waals surface area contributed by atoms with Gasteiger partial charge < -0.3 is 10.6 Å². The first kappa shape index (κ1) is 18.7. The number of aryl methyl sites for hydroxylation is 1. The average Bonchev–Trinajstić information content (AvgIpc) is 2.87. The quantitative estimate of drug-likeness (QED) is 0.706. The van der Waals surface area contributed by atoms with Crippen molar-refractivity contribution >= 4 is 11.6 Å². The van der Waals surface area contributed by atoms with Gasteiger partial charge in [0.05, 0.1) is 17.9 Å². The number of aromatic nitrogens is 2. The number of nitrogens with zero attached hydrogens (tertiary/aromatic N) is 2. The van der Waals surface area contributed by atoms with Gasteiger partial charge in [-0.2, -0.15) is 0 Å². The van der Waals surface area contributed by atoms with Crippen molar-refractivity contribution in [1.82, 2.24) is 14.7 Å². The summed E-state index contributed by atoms with van der Waals surface area (Å²) < 4.78 is 3.29. The van der Waals surface area contributed by atoms with E-state index in [1.165, 1.54) is 5.56 Å². The summed E-state index contributed by atoms with van der Waals surface area (Å²) in [5.41, 5.74) is 3.83. The summed E-state index contributed by atoms with van der Waals surface area (Å²) in [6.07, 6.45) is 0. The molecule has 0 aliphatic heterocycles. The van der Waals surface area contributed by atoms with E-state index in [2.05, 4.69) is 10.6 Å². The van der Waals surface area contributed by atoms with Gasteiger partial charge in [-0.25, -0.2) is 4.68 Å². The zero-order valence-corrected chi connectivity index (χ0v) is 15.8. The monoisotopic (exact) mass is 364 g/mol. The molecular weight excluding hydrogens is 340 g/mol. The summed E-state index contributed by atoms with van der Waals surface area (Å²) in [6.45, 7) is 4.58. The normalized spacial score (nSPS) is 10.8. The summed E-state index contributed by atoms with van der Waals surface area (Å²) in [4.78, 5) is 25.1. The van der Waals surface area contributed by atoms with E-state index in [0.717, 1.165) is 11.3 Å². The fourth-order valence-corrected chi connectivity index (χ4v) is 2.92. The molecule has 0 aliphatic rings. The van der Waals surface area contributed by atoms with Crippen LogP contribution in [0.5, 0.6) is 0 Å². The van der Waals surface area contributed by atoms with Gasteiger partial charge in [-0.15, -0.1) is 0 Å². The molecule has 0 spiro atoms. The van der Waals surface area contributed by atoms with Crippen LogP contribution in [0.4, 0.5) is 5.69 Å². The highest BCUT2D eigenvalue weighted by molar-refractivity contribution is 5.92. The number of rotatable bonds is 6. The second-order valence-electron chi connectivity index (χ2n) is 6.57. The number of para-hydroxylation sites is 1. The fraction of sp³-hybridized carbons (Fsp3) is 0.238. The molecule has 1 amide bonds. The average molecular weight is 364 g/mol. The van der Waals surface area contributed by atoms with Crippen molar-refractivity contribution in [3.05, 3.63) is 81.8 Å². The van der Waals surface area contributed by atoms with Crippen molar-refractivity contribution in [2.24, 2.45) is 7.05 Å². The SMILES string of the molecule is Cc1ccc(CNCC(=O)Nc2c(C)n(C)n(-c3ccccc3)c2=O)cc1. The maximum Gasteiger partial charge on any atom is 0.295 e. The lowest BCUT2D eigenvalue weighted by Gasteiger charge is -2.07. The van der Waals surface area contributed by atoms with E-state index in [0.29, 0.717) is 17.9 Å². The standard InChI is InChI=1S/C21H24N4O2/c1-15-9-11-17(12-10-15)13-22-14-19(26)23-20-16(2)24(3)25(21(20)27)18-7-5-4-6-8-18/h4-12,22H,13-14H2,1-3H3,(H,23,26). The lowest BCUT2D eigenvalue weighted by atomic mass is 10.1. The van der Waals surface area contributed by atoms with Crippen molar-refractivity contribution in [3.63, 3.8) is 0 Å². The highest BCUT2D eigenvalue weighted by Gasteiger charge is 2.17. The topological polar surface area (TPSA) is 68.1 Å². The number of hydrogen-bond acceptors (Lipinski definition) is 3. The van der Waals surface area contributed by atoms with Gasteiger partial charge in [-0.3, -0.25) is 14.3 Å². The van der Waals surface area contributed by atoms with Gasteiger partial charge in [0.2, 0.25) is 5.91 Å². The van der Waals surface area contributed by atoms with Gasteiger partial charge in [-0.1, -0.05) is 48.0 Å². The summed E-state index contributed by atoms with van der Waals surface area (Å²) in [5.74, 6) is -0.242. The summed E-state index contributed by atoms with van der Waals surface area (Å²) in [5, 5.41) is 5.85. The van der Waals surface area contributed by atoms with E-state index >= 15 is 0 Å². The highest BCUT2D eigenvalue weighted by atomic mass is 16.2. The molecule has 3 aromatic rings. The van der Waals surface area contributed by atoms with Crippen LogP contribution >= 0.6 is 0 Å². The first-order valence-electron chi connectivity index (χ1n) is 8.87. The summed E-state index contributed by atoms with van der Waals surface area (Å²) in [7, 11) is 1.80. The number of carbonyl (C=O) groups is 1. The third-order valence-electron chi connectivity index (χ3n) is 4.55. The molecule has 6 nitrogen and oxygen atoms in total. The first-order valence-corrected chi connectivity index (χ1v) is 8.87. The molecule has 0 saturated heterocycles. The number of nitrogens with one attached hydrogen (secondary N) is 2. The van der Waals surface area contributed by atoms with Gasteiger partial charge in [0.1, 0.15) is 5.69 Å². The van der Waals surface area contributed by atoms with Crippen LogP contribution in [0.1, 0.15) is 16.8 Å². The molecular formula is C21H24N4O2. The Bertz CT molecular complexity index is 986. The Morgan fingerprint density at radius 2 is 1.67 bits per heavy atom. The van der Waals surface area contributed by atoms with Crippen molar-refractivity contribution < 1.29 is 4.79 Å². The molecule has 0 bridgehead atoms. The van der Waals surface area contributed by atoms with Crippen molar-refractivity contribution in [2.75, 3.05) is 11.9 Å². The van der Waals surface area contributed by atoms with Crippen LogP contribution < -0.4 is 16.2 Å². The second kappa shape index (κ2) is 8.05. The van der Waals surface area contributed by atoms with Gasteiger partial charge in [0.15, 0.2) is 0 Å². The predicted molar refractivity (Wildman–Crippen MR) is 107 cm³/mol. The smallest absolute Gasteiger partial charge is 0.295 e. The molecule has 140 valence electrons. The number of hydrogen-bond donors (Lipinski definition) is 2. The van der Waals surface area contributed by atoms with Crippen molar-refractivity contribution in [2.45, 2.75) is 20.4 Å². The summed E-state index contributed by atoms with van der Waals surface area (Å²) in [6, 6.07) is 17.5. The Labute approximate surface area is 158 Å². The van der Waals surface area contributed by atoms with Crippen LogP contribution in [0.25, 0.3) is 5.69 Å². The minimum absolute atomic E-state index is 0.132. The molecule has 0 aliphatic carbocycles. The van der Waals surface area contributed by atoms with E-state index in [1.807, 2.05) is 68.4 Å². The Kier molecular flexibility index (Phi) is 5.57. The largest absolute Gasteiger partial charge is 0.319 e. The minimum atomic E-state index is -0.243. The van der Waals surface area contributed by atoms with E-state index in [4.69, 9.17) is 0 Å². The van der Waals surface area contributed by atoms with E-state index in [1.54, 1.807) is 16.4 Å².